The lowest BCUT2D eigenvalue weighted by atomic mass is 9.88. The van der Waals surface area contributed by atoms with Crippen molar-refractivity contribution in [3.8, 4) is 5.75 Å². The summed E-state index contributed by atoms with van der Waals surface area (Å²) in [4.78, 5) is 28.1. The van der Waals surface area contributed by atoms with Crippen LogP contribution in [0.15, 0.2) is 66.7 Å². The molecule has 3 aromatic carbocycles. The number of nitro benzene ring substituents is 1. The molecular formula is C30H33N3O4. The van der Waals surface area contributed by atoms with Crippen LogP contribution in [0, 0.1) is 10.1 Å². The number of piperidine rings is 1. The first-order chi connectivity index (χ1) is 17.9. The Balaban J connectivity index is 1.19. The van der Waals surface area contributed by atoms with E-state index < -0.39 is 4.92 Å². The van der Waals surface area contributed by atoms with Gasteiger partial charge in [0, 0.05) is 30.8 Å². The van der Waals surface area contributed by atoms with E-state index in [1.54, 1.807) is 11.0 Å². The highest BCUT2D eigenvalue weighted by molar-refractivity contribution is 6.07. The van der Waals surface area contributed by atoms with Gasteiger partial charge in [0.15, 0.2) is 0 Å². The van der Waals surface area contributed by atoms with Gasteiger partial charge in [0.2, 0.25) is 0 Å². The van der Waals surface area contributed by atoms with Gasteiger partial charge in [-0.15, -0.1) is 0 Å². The predicted octanol–water partition coefficient (Wildman–Crippen LogP) is 5.96. The van der Waals surface area contributed by atoms with Crippen molar-refractivity contribution in [1.29, 1.82) is 0 Å². The molecule has 0 aromatic heterocycles. The van der Waals surface area contributed by atoms with Gasteiger partial charge in [-0.3, -0.25) is 19.8 Å². The zero-order valence-corrected chi connectivity index (χ0v) is 21.4. The van der Waals surface area contributed by atoms with Crippen molar-refractivity contribution in [3.63, 3.8) is 0 Å². The molecule has 0 aliphatic carbocycles. The molecule has 0 spiro atoms. The van der Waals surface area contributed by atoms with Crippen LogP contribution in [0.4, 0.5) is 11.4 Å². The second-order valence-electron chi connectivity index (χ2n) is 10.2. The number of ether oxygens (including phenoxy) is 1. The second-order valence-corrected chi connectivity index (χ2v) is 10.2. The van der Waals surface area contributed by atoms with Crippen LogP contribution in [-0.4, -0.2) is 41.5 Å². The molecule has 1 saturated heterocycles. The Hall–Kier alpha value is -3.71. The number of hydrogen-bond donors (Lipinski definition) is 0. The van der Waals surface area contributed by atoms with Gasteiger partial charge < -0.3 is 9.64 Å². The molecule has 7 heteroatoms. The molecule has 2 aliphatic rings. The van der Waals surface area contributed by atoms with Crippen molar-refractivity contribution < 1.29 is 14.5 Å². The van der Waals surface area contributed by atoms with Crippen LogP contribution >= 0.6 is 0 Å². The number of amides is 1. The van der Waals surface area contributed by atoms with Gasteiger partial charge in [0.25, 0.3) is 11.6 Å². The normalized spacial score (nSPS) is 16.1. The van der Waals surface area contributed by atoms with Crippen molar-refractivity contribution in [3.05, 3.63) is 99.1 Å². The molecule has 0 saturated carbocycles. The van der Waals surface area contributed by atoms with E-state index in [1.807, 2.05) is 30.3 Å². The molecule has 2 heterocycles. The van der Waals surface area contributed by atoms with Crippen molar-refractivity contribution in [1.82, 2.24) is 4.90 Å². The number of nitro groups is 1. The first-order valence-corrected chi connectivity index (χ1v) is 13.0. The maximum atomic E-state index is 13.2. The maximum Gasteiger partial charge on any atom is 0.271 e. The van der Waals surface area contributed by atoms with E-state index in [9.17, 15) is 14.9 Å². The van der Waals surface area contributed by atoms with E-state index >= 15 is 0 Å². The van der Waals surface area contributed by atoms with Crippen molar-refractivity contribution in [2.24, 2.45) is 0 Å². The molecule has 7 nitrogen and oxygen atoms in total. The molecule has 5 rings (SSSR count). The third-order valence-corrected chi connectivity index (χ3v) is 7.34. The predicted molar refractivity (Wildman–Crippen MR) is 144 cm³/mol. The van der Waals surface area contributed by atoms with E-state index in [1.165, 1.54) is 23.3 Å². The summed E-state index contributed by atoms with van der Waals surface area (Å²) in [6.45, 7) is 7.56. The topological polar surface area (TPSA) is 75.9 Å². The molecule has 2 aliphatic heterocycles. The van der Waals surface area contributed by atoms with Crippen LogP contribution in [0.5, 0.6) is 5.75 Å². The van der Waals surface area contributed by atoms with Gasteiger partial charge in [0.05, 0.1) is 16.7 Å². The fraction of sp³-hybridized carbons (Fsp3) is 0.367. The van der Waals surface area contributed by atoms with Crippen LogP contribution in [0.2, 0.25) is 0 Å². The van der Waals surface area contributed by atoms with Crippen molar-refractivity contribution >= 4 is 17.3 Å². The largest absolute Gasteiger partial charge is 0.491 e. The number of fused-ring (bicyclic) bond motifs is 1. The molecule has 3 aromatic rings. The van der Waals surface area contributed by atoms with E-state index in [0.29, 0.717) is 30.1 Å². The Labute approximate surface area is 217 Å². The second kappa shape index (κ2) is 10.7. The van der Waals surface area contributed by atoms with Gasteiger partial charge in [-0.25, -0.2) is 0 Å². The lowest BCUT2D eigenvalue weighted by Gasteiger charge is -2.33. The standard InChI is InChI=1S/C30H33N3O4/c1-21(2)37-29-6-4-3-5-27(29)23-13-16-31(17-14-23)20-22-7-9-25(10-8-22)30(34)32-18-15-24-11-12-26(33(35)36)19-28(24)32/h3-12,19,21,23H,13-18,20H2,1-2H3. The molecule has 192 valence electrons. The lowest BCUT2D eigenvalue weighted by Crippen LogP contribution is -2.32. The van der Waals surface area contributed by atoms with Crippen LogP contribution in [-0.2, 0) is 13.0 Å². The SMILES string of the molecule is CC(C)Oc1ccccc1C1CCN(Cc2ccc(C(=O)N3CCc4ccc([N+](=O)[O-])cc43)cc2)CC1. The summed E-state index contributed by atoms with van der Waals surface area (Å²) in [5, 5.41) is 11.2. The molecule has 37 heavy (non-hydrogen) atoms. The molecule has 1 amide bonds. The van der Waals surface area contributed by atoms with E-state index in [0.717, 1.165) is 43.8 Å². The summed E-state index contributed by atoms with van der Waals surface area (Å²) >= 11 is 0. The number of para-hydroxylation sites is 1. The Morgan fingerprint density at radius 2 is 1.76 bits per heavy atom. The van der Waals surface area contributed by atoms with Gasteiger partial charge >= 0.3 is 0 Å². The van der Waals surface area contributed by atoms with Crippen LogP contribution in [0.25, 0.3) is 0 Å². The monoisotopic (exact) mass is 499 g/mol. The Morgan fingerprint density at radius 1 is 1.03 bits per heavy atom. The summed E-state index contributed by atoms with van der Waals surface area (Å²) in [6, 6.07) is 21.0. The number of rotatable bonds is 7. The minimum Gasteiger partial charge on any atom is -0.491 e. The van der Waals surface area contributed by atoms with Crippen molar-refractivity contribution in [2.75, 3.05) is 24.5 Å². The molecule has 1 fully saturated rings. The summed E-state index contributed by atoms with van der Waals surface area (Å²) in [5.74, 6) is 1.39. The van der Waals surface area contributed by atoms with Gasteiger partial charge in [-0.1, -0.05) is 36.4 Å². The lowest BCUT2D eigenvalue weighted by molar-refractivity contribution is -0.384. The number of benzene rings is 3. The molecule has 0 N–H and O–H groups in total. The van der Waals surface area contributed by atoms with E-state index in [-0.39, 0.29) is 17.7 Å². The summed E-state index contributed by atoms with van der Waals surface area (Å²) in [7, 11) is 0. The van der Waals surface area contributed by atoms with Crippen LogP contribution in [0.3, 0.4) is 0 Å². The molecule has 0 bridgehead atoms. The maximum absolute atomic E-state index is 13.2. The first-order valence-electron chi connectivity index (χ1n) is 13.0. The Morgan fingerprint density at radius 3 is 2.46 bits per heavy atom. The van der Waals surface area contributed by atoms with Crippen molar-refractivity contribution in [2.45, 2.75) is 51.7 Å². The molecule has 0 unspecified atom stereocenters. The van der Waals surface area contributed by atoms with E-state index in [2.05, 4.69) is 36.9 Å². The quantitative estimate of drug-likeness (QED) is 0.296. The highest BCUT2D eigenvalue weighted by Crippen LogP contribution is 2.35. The number of non-ortho nitro benzene ring substituents is 1. The summed E-state index contributed by atoms with van der Waals surface area (Å²) in [5.41, 5.74) is 4.71. The highest BCUT2D eigenvalue weighted by atomic mass is 16.6. The van der Waals surface area contributed by atoms with Gasteiger partial charge in [0.1, 0.15) is 5.75 Å². The fourth-order valence-electron chi connectivity index (χ4n) is 5.44. The average molecular weight is 500 g/mol. The molecule has 0 radical (unpaired) electrons. The molecule has 0 atom stereocenters. The van der Waals surface area contributed by atoms with Gasteiger partial charge in [-0.2, -0.15) is 0 Å². The minimum absolute atomic E-state index is 0.00787. The number of hydrogen-bond acceptors (Lipinski definition) is 5. The zero-order chi connectivity index (χ0) is 25.9. The van der Waals surface area contributed by atoms with E-state index in [4.69, 9.17) is 4.74 Å². The Kier molecular flexibility index (Phi) is 7.24. The smallest absolute Gasteiger partial charge is 0.271 e. The third kappa shape index (κ3) is 5.52. The first kappa shape index (κ1) is 25.0. The zero-order valence-electron chi connectivity index (χ0n) is 21.4. The number of carbonyl (C=O) groups excluding carboxylic acids is 1. The highest BCUT2D eigenvalue weighted by Gasteiger charge is 2.28. The summed E-state index contributed by atoms with van der Waals surface area (Å²) < 4.78 is 6.05. The number of anilines is 1. The average Bonchev–Trinajstić information content (AvgIpc) is 3.32. The summed E-state index contributed by atoms with van der Waals surface area (Å²) in [6.07, 6.45) is 3.06. The number of likely N-dealkylation sites (tertiary alicyclic amines) is 1. The number of nitrogens with zero attached hydrogens (tertiary/aromatic N) is 3. The van der Waals surface area contributed by atoms with Crippen LogP contribution < -0.4 is 9.64 Å². The minimum atomic E-state index is -0.420. The van der Waals surface area contributed by atoms with Crippen LogP contribution in [0.1, 0.15) is 59.7 Å². The van der Waals surface area contributed by atoms with Gasteiger partial charge in [-0.05, 0) is 87.0 Å². The molecular weight excluding hydrogens is 466 g/mol. The third-order valence-electron chi connectivity index (χ3n) is 7.34. The number of carbonyl (C=O) groups is 1. The fourth-order valence-corrected chi connectivity index (χ4v) is 5.44. The Bertz CT molecular complexity index is 1280.